The van der Waals surface area contributed by atoms with Crippen LogP contribution in [0.15, 0.2) is 53.9 Å². The van der Waals surface area contributed by atoms with Crippen molar-refractivity contribution in [1.82, 2.24) is 9.97 Å². The molecule has 0 fully saturated rings. The average Bonchev–Trinajstić information content (AvgIpc) is 2.88. The molecule has 94 valence electrons. The van der Waals surface area contributed by atoms with Crippen LogP contribution in [-0.2, 0) is 6.42 Å². The van der Waals surface area contributed by atoms with Gasteiger partial charge in [-0.05, 0) is 12.1 Å². The molecule has 0 unspecified atom stereocenters. The average molecular weight is 287 g/mol. The van der Waals surface area contributed by atoms with Gasteiger partial charge in [-0.2, -0.15) is 0 Å². The second-order valence-corrected chi connectivity index (χ2v) is 5.45. The third-order valence-corrected chi connectivity index (χ3v) is 3.79. The van der Waals surface area contributed by atoms with Crippen LogP contribution >= 0.6 is 22.9 Å². The fourth-order valence-electron chi connectivity index (χ4n) is 1.84. The van der Waals surface area contributed by atoms with Crippen LogP contribution in [0.3, 0.4) is 0 Å². The number of benzene rings is 1. The molecule has 0 bridgehead atoms. The monoisotopic (exact) mass is 286 g/mol. The van der Waals surface area contributed by atoms with E-state index in [1.54, 1.807) is 17.4 Å². The highest BCUT2D eigenvalue weighted by molar-refractivity contribution is 7.10. The molecular weight excluding hydrogens is 276 g/mol. The van der Waals surface area contributed by atoms with E-state index in [1.807, 2.05) is 30.3 Å². The van der Waals surface area contributed by atoms with Gasteiger partial charge in [0, 0.05) is 23.1 Å². The predicted molar refractivity (Wildman–Crippen MR) is 79.6 cm³/mol. The maximum absolute atomic E-state index is 5.88. The van der Waals surface area contributed by atoms with Gasteiger partial charge in [0.2, 0.25) is 0 Å². The Morgan fingerprint density at radius 1 is 0.947 bits per heavy atom. The van der Waals surface area contributed by atoms with E-state index in [4.69, 9.17) is 11.6 Å². The normalized spacial score (nSPS) is 10.6. The van der Waals surface area contributed by atoms with Crippen LogP contribution in [0.4, 0.5) is 0 Å². The molecule has 3 rings (SSSR count). The van der Waals surface area contributed by atoms with Crippen LogP contribution in [0.2, 0.25) is 5.15 Å². The summed E-state index contributed by atoms with van der Waals surface area (Å²) in [7, 11) is 0. The second kappa shape index (κ2) is 5.51. The number of aromatic nitrogens is 2. The Morgan fingerprint density at radius 3 is 2.58 bits per heavy atom. The Labute approximate surface area is 120 Å². The number of nitrogens with zero attached hydrogens (tertiary/aromatic N) is 2. The first kappa shape index (κ1) is 12.3. The van der Waals surface area contributed by atoms with E-state index >= 15 is 0 Å². The highest BCUT2D eigenvalue weighted by atomic mass is 35.5. The molecule has 2 nitrogen and oxygen atoms in total. The van der Waals surface area contributed by atoms with Crippen LogP contribution in [0.1, 0.15) is 10.7 Å². The molecule has 2 heterocycles. The summed E-state index contributed by atoms with van der Waals surface area (Å²) < 4.78 is 0. The van der Waals surface area contributed by atoms with Gasteiger partial charge in [0.25, 0.3) is 0 Å². The van der Waals surface area contributed by atoms with E-state index in [1.165, 1.54) is 0 Å². The number of pyridine rings is 1. The molecule has 0 aliphatic rings. The highest BCUT2D eigenvalue weighted by Gasteiger charge is 2.06. The lowest BCUT2D eigenvalue weighted by atomic mass is 10.2. The molecule has 3 aromatic rings. The number of hydrogen-bond donors (Lipinski definition) is 0. The standard InChI is InChI=1S/C15H11ClN2S/c16-14-8-4-7-12(17-14)9-15-18-13(10-19-15)11-5-2-1-3-6-11/h1-8,10H,9H2. The summed E-state index contributed by atoms with van der Waals surface area (Å²) in [5.41, 5.74) is 3.10. The summed E-state index contributed by atoms with van der Waals surface area (Å²) in [4.78, 5) is 8.92. The highest BCUT2D eigenvalue weighted by Crippen LogP contribution is 2.23. The van der Waals surface area contributed by atoms with Crippen LogP contribution in [0.5, 0.6) is 0 Å². The fraction of sp³-hybridized carbons (Fsp3) is 0.0667. The first-order chi connectivity index (χ1) is 9.31. The Kier molecular flexibility index (Phi) is 3.58. The van der Waals surface area contributed by atoms with Gasteiger partial charge in [0.05, 0.1) is 10.7 Å². The second-order valence-electron chi connectivity index (χ2n) is 4.12. The lowest BCUT2D eigenvalue weighted by molar-refractivity contribution is 1.05. The summed E-state index contributed by atoms with van der Waals surface area (Å²) in [5.74, 6) is 0. The number of hydrogen-bond acceptors (Lipinski definition) is 3. The minimum absolute atomic E-state index is 0.525. The molecule has 0 N–H and O–H groups in total. The van der Waals surface area contributed by atoms with Crippen molar-refractivity contribution in [2.75, 3.05) is 0 Å². The Bertz CT molecular complexity index is 679. The zero-order chi connectivity index (χ0) is 13.1. The maximum Gasteiger partial charge on any atom is 0.129 e. The van der Waals surface area contributed by atoms with Crippen molar-refractivity contribution in [3.8, 4) is 11.3 Å². The van der Waals surface area contributed by atoms with Gasteiger partial charge < -0.3 is 0 Å². The molecule has 4 heteroatoms. The number of halogens is 1. The first-order valence-electron chi connectivity index (χ1n) is 5.92. The molecule has 0 spiro atoms. The summed E-state index contributed by atoms with van der Waals surface area (Å²) in [5, 5.41) is 3.65. The summed E-state index contributed by atoms with van der Waals surface area (Å²) in [6.07, 6.45) is 0.720. The van der Waals surface area contributed by atoms with Crippen molar-refractivity contribution in [3.05, 3.63) is 69.8 Å². The Hall–Kier alpha value is -1.71. The van der Waals surface area contributed by atoms with Gasteiger partial charge >= 0.3 is 0 Å². The topological polar surface area (TPSA) is 25.8 Å². The molecule has 0 radical (unpaired) electrons. The minimum Gasteiger partial charge on any atom is -0.241 e. The van der Waals surface area contributed by atoms with Gasteiger partial charge in [-0.25, -0.2) is 9.97 Å². The molecule has 0 aliphatic carbocycles. The molecule has 2 aromatic heterocycles. The van der Waals surface area contributed by atoms with E-state index in [9.17, 15) is 0 Å². The maximum atomic E-state index is 5.88. The lowest BCUT2D eigenvalue weighted by Crippen LogP contribution is -1.91. The fourth-order valence-corrected chi connectivity index (χ4v) is 2.84. The van der Waals surface area contributed by atoms with Gasteiger partial charge in [-0.1, -0.05) is 48.0 Å². The third kappa shape index (κ3) is 3.00. The van der Waals surface area contributed by atoms with E-state index in [-0.39, 0.29) is 0 Å². The molecule has 0 saturated carbocycles. The van der Waals surface area contributed by atoms with Crippen molar-refractivity contribution in [2.24, 2.45) is 0 Å². The summed E-state index contributed by atoms with van der Waals surface area (Å²) in [6, 6.07) is 15.8. The van der Waals surface area contributed by atoms with Crippen molar-refractivity contribution in [1.29, 1.82) is 0 Å². The van der Waals surface area contributed by atoms with Crippen molar-refractivity contribution in [3.63, 3.8) is 0 Å². The molecular formula is C15H11ClN2S. The van der Waals surface area contributed by atoms with Gasteiger partial charge in [-0.15, -0.1) is 11.3 Å². The zero-order valence-electron chi connectivity index (χ0n) is 10.1. The van der Waals surface area contributed by atoms with E-state index < -0.39 is 0 Å². The SMILES string of the molecule is Clc1cccc(Cc2nc(-c3ccccc3)cs2)n1. The van der Waals surface area contributed by atoms with Crippen LogP contribution in [0.25, 0.3) is 11.3 Å². The van der Waals surface area contributed by atoms with Crippen molar-refractivity contribution < 1.29 is 0 Å². The molecule has 19 heavy (non-hydrogen) atoms. The van der Waals surface area contributed by atoms with Gasteiger partial charge in [0.1, 0.15) is 5.15 Å². The van der Waals surface area contributed by atoms with Crippen LogP contribution < -0.4 is 0 Å². The van der Waals surface area contributed by atoms with E-state index in [0.717, 1.165) is 28.4 Å². The molecule has 0 atom stereocenters. The molecule has 0 amide bonds. The lowest BCUT2D eigenvalue weighted by Gasteiger charge is -1.98. The van der Waals surface area contributed by atoms with Gasteiger partial charge in [-0.3, -0.25) is 0 Å². The Morgan fingerprint density at radius 2 is 1.79 bits per heavy atom. The molecule has 0 aliphatic heterocycles. The number of rotatable bonds is 3. The van der Waals surface area contributed by atoms with Gasteiger partial charge in [0.15, 0.2) is 0 Å². The third-order valence-electron chi connectivity index (χ3n) is 2.73. The quantitative estimate of drug-likeness (QED) is 0.665. The molecule has 0 saturated heterocycles. The minimum atomic E-state index is 0.525. The largest absolute Gasteiger partial charge is 0.241 e. The summed E-state index contributed by atoms with van der Waals surface area (Å²) >= 11 is 7.53. The molecule has 1 aromatic carbocycles. The van der Waals surface area contributed by atoms with E-state index in [0.29, 0.717) is 5.15 Å². The van der Waals surface area contributed by atoms with Crippen LogP contribution in [0, 0.1) is 0 Å². The Balaban J connectivity index is 1.82. The number of thiazole rings is 1. The zero-order valence-corrected chi connectivity index (χ0v) is 11.7. The summed E-state index contributed by atoms with van der Waals surface area (Å²) in [6.45, 7) is 0. The predicted octanol–water partition coefficient (Wildman–Crippen LogP) is 4.45. The van der Waals surface area contributed by atoms with Crippen molar-refractivity contribution >= 4 is 22.9 Å². The first-order valence-corrected chi connectivity index (χ1v) is 7.18. The van der Waals surface area contributed by atoms with Crippen LogP contribution in [-0.4, -0.2) is 9.97 Å². The van der Waals surface area contributed by atoms with Crippen molar-refractivity contribution in [2.45, 2.75) is 6.42 Å². The smallest absolute Gasteiger partial charge is 0.129 e. The van der Waals surface area contributed by atoms with E-state index in [2.05, 4.69) is 27.5 Å².